The van der Waals surface area contributed by atoms with Crippen LogP contribution in [0, 0.1) is 0 Å². The number of hydrogen-bond donors (Lipinski definition) is 1. The molecule has 118 valence electrons. The second kappa shape index (κ2) is 7.26. The highest BCUT2D eigenvalue weighted by Gasteiger charge is 2.18. The number of nitrogens with one attached hydrogen (secondary N) is 1. The molecule has 2 rings (SSSR count). The summed E-state index contributed by atoms with van der Waals surface area (Å²) in [4.78, 5) is 7.24. The van der Waals surface area contributed by atoms with Crippen LogP contribution in [-0.2, 0) is 6.54 Å². The summed E-state index contributed by atoms with van der Waals surface area (Å²) < 4.78 is 0. The highest BCUT2D eigenvalue weighted by Crippen LogP contribution is 2.24. The standard InChI is InChI=1S/C18H31N3/c1-18(2,3)19-14-15-10-9-13-17(20-15)21(4)16-11-7-5-6-8-12-16/h9-10,13,16,19H,5-8,11-12,14H2,1-4H3. The van der Waals surface area contributed by atoms with Crippen molar-refractivity contribution in [1.29, 1.82) is 0 Å². The molecule has 0 bridgehead atoms. The van der Waals surface area contributed by atoms with Gasteiger partial charge in [-0.05, 0) is 45.7 Å². The molecule has 0 unspecified atom stereocenters. The Bertz CT molecular complexity index is 428. The Labute approximate surface area is 130 Å². The zero-order valence-electron chi connectivity index (χ0n) is 14.2. The van der Waals surface area contributed by atoms with Gasteiger partial charge < -0.3 is 10.2 Å². The molecule has 1 fully saturated rings. The van der Waals surface area contributed by atoms with Crippen LogP contribution in [0.4, 0.5) is 5.82 Å². The fourth-order valence-corrected chi connectivity index (χ4v) is 2.95. The molecule has 3 nitrogen and oxygen atoms in total. The average molecular weight is 289 g/mol. The van der Waals surface area contributed by atoms with Gasteiger partial charge in [-0.15, -0.1) is 0 Å². The molecule has 1 aliphatic carbocycles. The van der Waals surface area contributed by atoms with Crippen LogP contribution in [0.2, 0.25) is 0 Å². The third-order valence-corrected chi connectivity index (χ3v) is 4.33. The zero-order chi connectivity index (χ0) is 15.3. The monoisotopic (exact) mass is 289 g/mol. The quantitative estimate of drug-likeness (QED) is 0.845. The van der Waals surface area contributed by atoms with E-state index in [9.17, 15) is 0 Å². The van der Waals surface area contributed by atoms with Crippen LogP contribution >= 0.6 is 0 Å². The Morgan fingerprint density at radius 2 is 1.81 bits per heavy atom. The van der Waals surface area contributed by atoms with Crippen LogP contribution in [-0.4, -0.2) is 23.6 Å². The molecule has 3 heteroatoms. The van der Waals surface area contributed by atoms with Gasteiger partial charge in [0.1, 0.15) is 5.82 Å². The predicted molar refractivity (Wildman–Crippen MR) is 90.7 cm³/mol. The predicted octanol–water partition coefficient (Wildman–Crippen LogP) is 4.13. The molecule has 0 atom stereocenters. The van der Waals surface area contributed by atoms with Crippen molar-refractivity contribution in [1.82, 2.24) is 10.3 Å². The Hall–Kier alpha value is -1.09. The number of aromatic nitrogens is 1. The van der Waals surface area contributed by atoms with E-state index in [0.717, 1.165) is 18.1 Å². The normalized spacial score (nSPS) is 17.5. The molecule has 1 N–H and O–H groups in total. The van der Waals surface area contributed by atoms with Crippen molar-refractivity contribution in [3.05, 3.63) is 23.9 Å². The molecule has 0 radical (unpaired) electrons. The number of rotatable bonds is 4. The fourth-order valence-electron chi connectivity index (χ4n) is 2.95. The van der Waals surface area contributed by atoms with Crippen LogP contribution in [0.15, 0.2) is 18.2 Å². The fraction of sp³-hybridized carbons (Fsp3) is 0.722. The van der Waals surface area contributed by atoms with Gasteiger partial charge in [-0.1, -0.05) is 31.7 Å². The van der Waals surface area contributed by atoms with E-state index in [4.69, 9.17) is 4.98 Å². The lowest BCUT2D eigenvalue weighted by Crippen LogP contribution is -2.35. The minimum Gasteiger partial charge on any atom is -0.357 e. The maximum atomic E-state index is 4.84. The van der Waals surface area contributed by atoms with Gasteiger partial charge in [-0.3, -0.25) is 0 Å². The van der Waals surface area contributed by atoms with Crippen LogP contribution in [0.1, 0.15) is 65.0 Å². The highest BCUT2D eigenvalue weighted by molar-refractivity contribution is 5.39. The van der Waals surface area contributed by atoms with Gasteiger partial charge in [0, 0.05) is 25.2 Å². The van der Waals surface area contributed by atoms with Crippen LogP contribution in [0.5, 0.6) is 0 Å². The topological polar surface area (TPSA) is 28.2 Å². The Kier molecular flexibility index (Phi) is 5.63. The van der Waals surface area contributed by atoms with E-state index < -0.39 is 0 Å². The van der Waals surface area contributed by atoms with Gasteiger partial charge in [-0.25, -0.2) is 4.98 Å². The first-order valence-corrected chi connectivity index (χ1v) is 8.39. The molecule has 0 aliphatic heterocycles. The van der Waals surface area contributed by atoms with Crippen LogP contribution in [0.25, 0.3) is 0 Å². The van der Waals surface area contributed by atoms with Gasteiger partial charge in [0.05, 0.1) is 5.69 Å². The van der Waals surface area contributed by atoms with E-state index in [-0.39, 0.29) is 5.54 Å². The molecule has 1 aromatic rings. The van der Waals surface area contributed by atoms with Crippen molar-refractivity contribution in [3.8, 4) is 0 Å². The Morgan fingerprint density at radius 3 is 2.43 bits per heavy atom. The van der Waals surface area contributed by atoms with E-state index in [1.807, 2.05) is 0 Å². The molecule has 0 amide bonds. The second-order valence-corrected chi connectivity index (χ2v) is 7.35. The Morgan fingerprint density at radius 1 is 1.14 bits per heavy atom. The van der Waals surface area contributed by atoms with E-state index >= 15 is 0 Å². The SMILES string of the molecule is CN(c1cccc(CNC(C)(C)C)n1)C1CCCCCC1. The van der Waals surface area contributed by atoms with Crippen molar-refractivity contribution in [2.24, 2.45) is 0 Å². The van der Waals surface area contributed by atoms with Gasteiger partial charge in [0.15, 0.2) is 0 Å². The summed E-state index contributed by atoms with van der Waals surface area (Å²) >= 11 is 0. The highest BCUT2D eigenvalue weighted by atomic mass is 15.2. The van der Waals surface area contributed by atoms with Crippen LogP contribution < -0.4 is 10.2 Å². The summed E-state index contributed by atoms with van der Waals surface area (Å²) in [6, 6.07) is 7.05. The third-order valence-electron chi connectivity index (χ3n) is 4.33. The molecular formula is C18H31N3. The third kappa shape index (κ3) is 5.31. The minimum atomic E-state index is 0.130. The first kappa shape index (κ1) is 16.3. The van der Waals surface area contributed by atoms with Gasteiger partial charge in [0.25, 0.3) is 0 Å². The maximum Gasteiger partial charge on any atom is 0.128 e. The van der Waals surface area contributed by atoms with E-state index in [1.165, 1.54) is 38.5 Å². The summed E-state index contributed by atoms with van der Waals surface area (Å²) in [5.74, 6) is 1.12. The molecule has 0 aromatic carbocycles. The first-order chi connectivity index (χ1) is 9.96. The number of hydrogen-bond acceptors (Lipinski definition) is 3. The smallest absolute Gasteiger partial charge is 0.128 e. The van der Waals surface area contributed by atoms with E-state index in [1.54, 1.807) is 0 Å². The molecule has 1 heterocycles. The first-order valence-electron chi connectivity index (χ1n) is 8.39. The molecule has 1 aromatic heterocycles. The summed E-state index contributed by atoms with van der Waals surface area (Å²) in [5.41, 5.74) is 1.26. The molecule has 0 spiro atoms. The van der Waals surface area contributed by atoms with E-state index in [0.29, 0.717) is 6.04 Å². The van der Waals surface area contributed by atoms with Gasteiger partial charge in [0.2, 0.25) is 0 Å². The lowest BCUT2D eigenvalue weighted by Gasteiger charge is -2.28. The number of nitrogens with zero attached hydrogens (tertiary/aromatic N) is 2. The molecule has 0 saturated heterocycles. The van der Waals surface area contributed by atoms with Crippen molar-refractivity contribution >= 4 is 5.82 Å². The van der Waals surface area contributed by atoms with Gasteiger partial charge in [-0.2, -0.15) is 0 Å². The Balaban J connectivity index is 2.01. The van der Waals surface area contributed by atoms with E-state index in [2.05, 4.69) is 56.2 Å². The molecular weight excluding hydrogens is 258 g/mol. The van der Waals surface area contributed by atoms with Crippen molar-refractivity contribution < 1.29 is 0 Å². The molecule has 1 saturated carbocycles. The van der Waals surface area contributed by atoms with Crippen LogP contribution in [0.3, 0.4) is 0 Å². The molecule has 21 heavy (non-hydrogen) atoms. The summed E-state index contributed by atoms with van der Waals surface area (Å²) in [7, 11) is 2.21. The van der Waals surface area contributed by atoms with Crippen molar-refractivity contribution in [2.45, 2.75) is 77.4 Å². The summed E-state index contributed by atoms with van der Waals surface area (Å²) in [6.45, 7) is 7.40. The van der Waals surface area contributed by atoms with Crippen molar-refractivity contribution in [2.75, 3.05) is 11.9 Å². The molecule has 1 aliphatic rings. The largest absolute Gasteiger partial charge is 0.357 e. The number of anilines is 1. The summed E-state index contributed by atoms with van der Waals surface area (Å²) in [5, 5.41) is 3.51. The second-order valence-electron chi connectivity index (χ2n) is 7.35. The minimum absolute atomic E-state index is 0.130. The number of pyridine rings is 1. The van der Waals surface area contributed by atoms with Crippen molar-refractivity contribution in [3.63, 3.8) is 0 Å². The maximum absolute atomic E-state index is 4.84. The zero-order valence-corrected chi connectivity index (χ0v) is 14.2. The summed E-state index contributed by atoms with van der Waals surface area (Å²) in [6.07, 6.45) is 8.13. The lowest BCUT2D eigenvalue weighted by molar-refractivity contribution is 0.421. The lowest BCUT2D eigenvalue weighted by atomic mass is 10.1. The average Bonchev–Trinajstić information content (AvgIpc) is 2.73. The van der Waals surface area contributed by atoms with Gasteiger partial charge >= 0.3 is 0 Å².